The first-order chi connectivity index (χ1) is 9.88. The third-order valence-electron chi connectivity index (χ3n) is 2.66. The molecule has 1 aromatic heterocycles. The molecule has 0 saturated carbocycles. The highest BCUT2D eigenvalue weighted by molar-refractivity contribution is 9.10. The minimum absolute atomic E-state index is 0.00808. The Labute approximate surface area is 133 Å². The SMILES string of the molecule is Cc1ccc(NC(=O)c2cc(Cl)ncc2[N+](=O)[O-])c(Br)c1. The third kappa shape index (κ3) is 3.56. The van der Waals surface area contributed by atoms with Crippen molar-refractivity contribution in [3.63, 3.8) is 0 Å². The van der Waals surface area contributed by atoms with E-state index in [0.29, 0.717) is 10.2 Å². The van der Waals surface area contributed by atoms with Gasteiger partial charge in [-0.05, 0) is 46.6 Å². The van der Waals surface area contributed by atoms with Crippen molar-refractivity contribution in [3.05, 3.63) is 61.3 Å². The summed E-state index contributed by atoms with van der Waals surface area (Å²) in [4.78, 5) is 26.1. The predicted octanol–water partition coefficient (Wildman–Crippen LogP) is 3.97. The van der Waals surface area contributed by atoms with Gasteiger partial charge in [0, 0.05) is 4.47 Å². The molecule has 0 saturated heterocycles. The van der Waals surface area contributed by atoms with Gasteiger partial charge in [-0.3, -0.25) is 14.9 Å². The van der Waals surface area contributed by atoms with Crippen LogP contribution in [0.2, 0.25) is 5.15 Å². The first-order valence-corrected chi connectivity index (χ1v) is 6.93. The number of aromatic nitrogens is 1. The molecule has 0 fully saturated rings. The van der Waals surface area contributed by atoms with E-state index in [1.165, 1.54) is 0 Å². The Morgan fingerprint density at radius 3 is 2.76 bits per heavy atom. The molecular weight excluding hydrogens is 362 g/mol. The minimum Gasteiger partial charge on any atom is -0.321 e. The number of hydrogen-bond acceptors (Lipinski definition) is 4. The van der Waals surface area contributed by atoms with Crippen LogP contribution >= 0.6 is 27.5 Å². The lowest BCUT2D eigenvalue weighted by Crippen LogP contribution is -2.14. The molecule has 0 atom stereocenters. The third-order valence-corrected chi connectivity index (χ3v) is 3.53. The molecule has 0 aliphatic rings. The van der Waals surface area contributed by atoms with Gasteiger partial charge in [-0.1, -0.05) is 17.7 Å². The number of halogens is 2. The zero-order valence-electron chi connectivity index (χ0n) is 10.8. The van der Waals surface area contributed by atoms with Crippen LogP contribution < -0.4 is 5.32 Å². The van der Waals surface area contributed by atoms with Crippen molar-refractivity contribution in [2.75, 3.05) is 5.32 Å². The summed E-state index contributed by atoms with van der Waals surface area (Å²) in [6.07, 6.45) is 0.960. The topological polar surface area (TPSA) is 85.1 Å². The van der Waals surface area contributed by atoms with E-state index in [4.69, 9.17) is 11.6 Å². The average molecular weight is 371 g/mol. The highest BCUT2D eigenvalue weighted by atomic mass is 79.9. The molecule has 0 spiro atoms. The lowest BCUT2D eigenvalue weighted by molar-refractivity contribution is -0.385. The number of nitrogens with zero attached hydrogens (tertiary/aromatic N) is 2. The number of rotatable bonds is 3. The Hall–Kier alpha value is -1.99. The number of carbonyl (C=O) groups excluding carboxylic acids is 1. The molecule has 1 amide bonds. The quantitative estimate of drug-likeness (QED) is 0.503. The minimum atomic E-state index is -0.678. The van der Waals surface area contributed by atoms with Gasteiger partial charge in [0.15, 0.2) is 0 Å². The maximum absolute atomic E-state index is 12.2. The molecular formula is C13H9BrClN3O3. The number of benzene rings is 1. The van der Waals surface area contributed by atoms with Gasteiger partial charge in [0.25, 0.3) is 11.6 Å². The van der Waals surface area contributed by atoms with E-state index in [0.717, 1.165) is 17.8 Å². The summed E-state index contributed by atoms with van der Waals surface area (Å²) in [6, 6.07) is 6.50. The molecule has 0 aliphatic carbocycles. The highest BCUT2D eigenvalue weighted by Crippen LogP contribution is 2.26. The van der Waals surface area contributed by atoms with Crippen LogP contribution in [0.5, 0.6) is 0 Å². The Kier molecular flexibility index (Phi) is 4.54. The van der Waals surface area contributed by atoms with Gasteiger partial charge in [0.2, 0.25) is 0 Å². The summed E-state index contributed by atoms with van der Waals surface area (Å²) in [7, 11) is 0. The summed E-state index contributed by atoms with van der Waals surface area (Å²) in [5, 5.41) is 13.5. The van der Waals surface area contributed by atoms with Crippen molar-refractivity contribution in [2.45, 2.75) is 6.92 Å². The monoisotopic (exact) mass is 369 g/mol. The molecule has 1 N–H and O–H groups in total. The summed E-state index contributed by atoms with van der Waals surface area (Å²) in [6.45, 7) is 1.91. The fourth-order valence-corrected chi connectivity index (χ4v) is 2.41. The predicted molar refractivity (Wildman–Crippen MR) is 82.7 cm³/mol. The molecule has 0 aliphatic heterocycles. The van der Waals surface area contributed by atoms with Crippen LogP contribution in [0.3, 0.4) is 0 Å². The van der Waals surface area contributed by atoms with Crippen molar-refractivity contribution >= 4 is 44.8 Å². The molecule has 2 aromatic rings. The summed E-state index contributed by atoms with van der Waals surface area (Å²) in [5.74, 6) is -0.629. The first kappa shape index (κ1) is 15.4. The van der Waals surface area contributed by atoms with Crippen LogP contribution in [-0.2, 0) is 0 Å². The molecule has 6 nitrogen and oxygen atoms in total. The number of nitro groups is 1. The van der Waals surface area contributed by atoms with Crippen LogP contribution in [0.1, 0.15) is 15.9 Å². The van der Waals surface area contributed by atoms with E-state index >= 15 is 0 Å². The summed E-state index contributed by atoms with van der Waals surface area (Å²) < 4.78 is 0.679. The van der Waals surface area contributed by atoms with Crippen molar-refractivity contribution in [2.24, 2.45) is 0 Å². The lowest BCUT2D eigenvalue weighted by atomic mass is 10.2. The standard InChI is InChI=1S/C13H9BrClN3O3/c1-7-2-3-10(9(14)4-7)17-13(19)8-5-12(15)16-6-11(8)18(20)21/h2-6H,1H3,(H,17,19). The number of hydrogen-bond donors (Lipinski definition) is 1. The fourth-order valence-electron chi connectivity index (χ4n) is 1.66. The van der Waals surface area contributed by atoms with Crippen LogP contribution in [-0.4, -0.2) is 15.8 Å². The van der Waals surface area contributed by atoms with Crippen molar-refractivity contribution in [3.8, 4) is 0 Å². The van der Waals surface area contributed by atoms with Gasteiger partial charge in [0.1, 0.15) is 16.9 Å². The van der Waals surface area contributed by atoms with Crippen molar-refractivity contribution in [1.29, 1.82) is 0 Å². The van der Waals surface area contributed by atoms with Crippen molar-refractivity contribution < 1.29 is 9.72 Å². The Morgan fingerprint density at radius 2 is 2.14 bits per heavy atom. The highest BCUT2D eigenvalue weighted by Gasteiger charge is 2.22. The second kappa shape index (κ2) is 6.19. The van der Waals surface area contributed by atoms with Gasteiger partial charge in [-0.25, -0.2) is 4.98 Å². The second-order valence-electron chi connectivity index (χ2n) is 4.22. The molecule has 21 heavy (non-hydrogen) atoms. The second-order valence-corrected chi connectivity index (χ2v) is 5.46. The zero-order chi connectivity index (χ0) is 15.6. The summed E-state index contributed by atoms with van der Waals surface area (Å²) in [5.41, 5.74) is 0.971. The number of amides is 1. The van der Waals surface area contributed by atoms with E-state index in [-0.39, 0.29) is 10.7 Å². The largest absolute Gasteiger partial charge is 0.321 e. The van der Waals surface area contributed by atoms with Crippen molar-refractivity contribution in [1.82, 2.24) is 4.98 Å². The number of nitrogens with one attached hydrogen (secondary N) is 1. The van der Waals surface area contributed by atoms with Gasteiger partial charge < -0.3 is 5.32 Å². The molecule has 2 rings (SSSR count). The maximum atomic E-state index is 12.2. The van der Waals surface area contributed by atoms with Crippen LogP contribution in [0.25, 0.3) is 0 Å². The van der Waals surface area contributed by atoms with E-state index in [1.807, 2.05) is 19.1 Å². The fraction of sp³-hybridized carbons (Fsp3) is 0.0769. The lowest BCUT2D eigenvalue weighted by Gasteiger charge is -2.08. The number of anilines is 1. The van der Waals surface area contributed by atoms with Crippen LogP contribution in [0.15, 0.2) is 34.9 Å². The Bertz CT molecular complexity index is 737. The number of pyridine rings is 1. The van der Waals surface area contributed by atoms with Crippen LogP contribution in [0.4, 0.5) is 11.4 Å². The Morgan fingerprint density at radius 1 is 1.43 bits per heavy atom. The van der Waals surface area contributed by atoms with Gasteiger partial charge in [-0.15, -0.1) is 0 Å². The molecule has 108 valence electrons. The number of aryl methyl sites for hydroxylation is 1. The summed E-state index contributed by atoms with van der Waals surface area (Å²) >= 11 is 9.02. The smallest absolute Gasteiger partial charge is 0.300 e. The molecule has 1 aromatic carbocycles. The average Bonchev–Trinajstić information content (AvgIpc) is 2.41. The van der Waals surface area contributed by atoms with E-state index in [1.54, 1.807) is 6.07 Å². The molecule has 0 radical (unpaired) electrons. The van der Waals surface area contributed by atoms with E-state index in [9.17, 15) is 14.9 Å². The van der Waals surface area contributed by atoms with E-state index in [2.05, 4.69) is 26.2 Å². The maximum Gasteiger partial charge on any atom is 0.300 e. The normalized spacial score (nSPS) is 10.2. The molecule has 8 heteroatoms. The molecule has 0 bridgehead atoms. The van der Waals surface area contributed by atoms with Gasteiger partial charge in [-0.2, -0.15) is 0 Å². The van der Waals surface area contributed by atoms with Crippen LogP contribution in [0, 0.1) is 17.0 Å². The first-order valence-electron chi connectivity index (χ1n) is 5.76. The van der Waals surface area contributed by atoms with Gasteiger partial charge >= 0.3 is 0 Å². The zero-order valence-corrected chi connectivity index (χ0v) is 13.1. The molecule has 1 heterocycles. The number of carbonyl (C=O) groups is 1. The molecule has 0 unspecified atom stereocenters. The van der Waals surface area contributed by atoms with E-state index < -0.39 is 16.5 Å². The van der Waals surface area contributed by atoms with Gasteiger partial charge in [0.05, 0.1) is 10.6 Å². The Balaban J connectivity index is 2.36.